The summed E-state index contributed by atoms with van der Waals surface area (Å²) in [7, 11) is 0. The average Bonchev–Trinajstić information content (AvgIpc) is 3.34. The molecule has 6 nitrogen and oxygen atoms in total. The highest BCUT2D eigenvalue weighted by Crippen LogP contribution is 2.18. The first-order valence-electron chi connectivity index (χ1n) is 29.7. The van der Waals surface area contributed by atoms with Gasteiger partial charge in [0, 0.05) is 6.42 Å². The molecule has 0 aromatic rings. The Kier molecular flexibility index (Phi) is 54.0. The lowest BCUT2D eigenvalue weighted by Gasteiger charge is -2.24. The Balaban J connectivity index is 4.65. The standard InChI is InChI=1S/C63H113NO5/c1-4-7-10-13-16-19-22-25-28-31-32-35-38-41-44-47-50-53-56-63(68)69-59(54-51-48-45-42-39-36-33-29-26-23-20-17-14-11-8-5-2)57-62(67)64-60(58-65)61(66)55-52-49-46-43-40-37-34-30-27-24-21-18-15-12-9-6-3/h16,19,22,25,28-29,31-33,35-36,39,59-61,65-66H,4-15,17-18,20-21,23-24,26-27,30,34,37-38,40-58H2,1-3H3,(H,64,67)/b19-16+,25-22+,31-28+,33-29+,35-32+,39-36+. The van der Waals surface area contributed by atoms with Gasteiger partial charge < -0.3 is 20.3 Å². The molecule has 3 unspecified atom stereocenters. The molecular formula is C63H113NO5. The summed E-state index contributed by atoms with van der Waals surface area (Å²) in [6, 6.07) is -0.719. The topological polar surface area (TPSA) is 95.9 Å². The van der Waals surface area contributed by atoms with E-state index in [1.165, 1.54) is 148 Å². The molecular weight excluding hydrogens is 851 g/mol. The summed E-state index contributed by atoms with van der Waals surface area (Å²) in [6.45, 7) is 6.45. The predicted molar refractivity (Wildman–Crippen MR) is 301 cm³/mol. The minimum atomic E-state index is -0.803. The van der Waals surface area contributed by atoms with Crippen LogP contribution in [0.2, 0.25) is 0 Å². The van der Waals surface area contributed by atoms with Crippen molar-refractivity contribution in [3.8, 4) is 0 Å². The number of ether oxygens (including phenoxy) is 1. The third-order valence-corrected chi connectivity index (χ3v) is 13.4. The van der Waals surface area contributed by atoms with Crippen molar-refractivity contribution in [3.05, 3.63) is 72.9 Å². The largest absolute Gasteiger partial charge is 0.462 e. The molecule has 69 heavy (non-hydrogen) atoms. The van der Waals surface area contributed by atoms with Gasteiger partial charge in [-0.15, -0.1) is 0 Å². The van der Waals surface area contributed by atoms with Crippen LogP contribution >= 0.6 is 0 Å². The van der Waals surface area contributed by atoms with Crippen LogP contribution in [0.4, 0.5) is 0 Å². The van der Waals surface area contributed by atoms with E-state index in [-0.39, 0.29) is 24.9 Å². The lowest BCUT2D eigenvalue weighted by molar-refractivity contribution is -0.151. The molecule has 1 amide bonds. The smallest absolute Gasteiger partial charge is 0.306 e. The Morgan fingerprint density at radius 2 is 0.739 bits per heavy atom. The zero-order valence-corrected chi connectivity index (χ0v) is 45.7. The number of amides is 1. The maximum Gasteiger partial charge on any atom is 0.306 e. The molecule has 0 radical (unpaired) electrons. The van der Waals surface area contributed by atoms with E-state index in [0.29, 0.717) is 19.3 Å². The second-order valence-electron chi connectivity index (χ2n) is 20.2. The van der Waals surface area contributed by atoms with Crippen LogP contribution in [0.25, 0.3) is 0 Å². The van der Waals surface area contributed by atoms with Crippen molar-refractivity contribution in [3.63, 3.8) is 0 Å². The summed E-state index contributed by atoms with van der Waals surface area (Å²) in [6.07, 6.45) is 72.5. The number of aliphatic hydroxyl groups excluding tert-OH is 2. The Hall–Kier alpha value is -2.70. The number of aliphatic hydroxyl groups is 2. The molecule has 0 heterocycles. The number of unbranched alkanes of at least 4 members (excludes halogenated alkanes) is 33. The van der Waals surface area contributed by atoms with Crippen molar-refractivity contribution in [1.29, 1.82) is 0 Å². The third kappa shape index (κ3) is 51.5. The summed E-state index contributed by atoms with van der Waals surface area (Å²) >= 11 is 0. The number of esters is 1. The van der Waals surface area contributed by atoms with E-state index in [1.807, 2.05) is 0 Å². The number of carbonyl (C=O) groups is 2. The number of nitrogens with one attached hydrogen (secondary N) is 1. The molecule has 0 aliphatic heterocycles. The summed E-state index contributed by atoms with van der Waals surface area (Å²) in [5.74, 6) is -0.521. The van der Waals surface area contributed by atoms with Gasteiger partial charge in [0.05, 0.1) is 25.2 Å². The molecule has 3 atom stereocenters. The Morgan fingerprint density at radius 1 is 0.420 bits per heavy atom. The molecule has 0 fully saturated rings. The van der Waals surface area contributed by atoms with Gasteiger partial charge in [-0.2, -0.15) is 0 Å². The monoisotopic (exact) mass is 964 g/mol. The van der Waals surface area contributed by atoms with Gasteiger partial charge in [0.25, 0.3) is 0 Å². The van der Waals surface area contributed by atoms with Crippen LogP contribution in [0.3, 0.4) is 0 Å². The Labute approximate surface area is 428 Å². The van der Waals surface area contributed by atoms with Gasteiger partial charge in [0.2, 0.25) is 5.91 Å². The molecule has 0 aliphatic carbocycles. The van der Waals surface area contributed by atoms with Gasteiger partial charge in [-0.3, -0.25) is 9.59 Å². The van der Waals surface area contributed by atoms with E-state index >= 15 is 0 Å². The Morgan fingerprint density at radius 3 is 1.17 bits per heavy atom. The fourth-order valence-corrected chi connectivity index (χ4v) is 8.85. The molecule has 0 bridgehead atoms. The first-order chi connectivity index (χ1) is 34.0. The summed E-state index contributed by atoms with van der Waals surface area (Å²) in [5, 5.41) is 23.9. The highest BCUT2D eigenvalue weighted by Gasteiger charge is 2.24. The minimum absolute atomic E-state index is 0.0482. The van der Waals surface area contributed by atoms with Crippen LogP contribution in [0.5, 0.6) is 0 Å². The lowest BCUT2D eigenvalue weighted by Crippen LogP contribution is -2.46. The van der Waals surface area contributed by atoms with Gasteiger partial charge in [0.15, 0.2) is 0 Å². The molecule has 0 aliphatic rings. The zero-order chi connectivity index (χ0) is 50.2. The van der Waals surface area contributed by atoms with Crippen LogP contribution in [-0.2, 0) is 14.3 Å². The molecule has 0 saturated heterocycles. The summed E-state index contributed by atoms with van der Waals surface area (Å²) in [5.41, 5.74) is 0. The van der Waals surface area contributed by atoms with E-state index in [2.05, 4.69) is 99.0 Å². The van der Waals surface area contributed by atoms with Crippen molar-refractivity contribution in [1.82, 2.24) is 5.32 Å². The maximum atomic E-state index is 13.3. The summed E-state index contributed by atoms with van der Waals surface area (Å²) < 4.78 is 5.95. The Bertz CT molecular complexity index is 1270. The van der Waals surface area contributed by atoms with Crippen molar-refractivity contribution in [2.75, 3.05) is 6.61 Å². The van der Waals surface area contributed by atoms with E-state index < -0.39 is 18.2 Å². The minimum Gasteiger partial charge on any atom is -0.462 e. The number of hydrogen-bond donors (Lipinski definition) is 3. The fraction of sp³-hybridized carbons (Fsp3) is 0.778. The van der Waals surface area contributed by atoms with Crippen molar-refractivity contribution < 1.29 is 24.5 Å². The van der Waals surface area contributed by atoms with Crippen LogP contribution in [-0.4, -0.2) is 46.9 Å². The number of allylic oxidation sites excluding steroid dienone is 12. The normalized spacial score (nSPS) is 13.6. The first kappa shape index (κ1) is 66.3. The van der Waals surface area contributed by atoms with E-state index in [0.717, 1.165) is 96.3 Å². The average molecular weight is 965 g/mol. The summed E-state index contributed by atoms with van der Waals surface area (Å²) in [4.78, 5) is 26.3. The van der Waals surface area contributed by atoms with Crippen LogP contribution in [0.1, 0.15) is 290 Å². The predicted octanol–water partition coefficient (Wildman–Crippen LogP) is 18.5. The van der Waals surface area contributed by atoms with Gasteiger partial charge in [-0.05, 0) is 77.0 Å². The van der Waals surface area contributed by atoms with Crippen LogP contribution in [0.15, 0.2) is 72.9 Å². The maximum absolute atomic E-state index is 13.3. The molecule has 0 spiro atoms. The van der Waals surface area contributed by atoms with Crippen molar-refractivity contribution in [2.24, 2.45) is 0 Å². The van der Waals surface area contributed by atoms with E-state index in [1.54, 1.807) is 0 Å². The van der Waals surface area contributed by atoms with E-state index in [9.17, 15) is 19.8 Å². The van der Waals surface area contributed by atoms with Gasteiger partial charge in [-0.1, -0.05) is 273 Å². The SMILES string of the molecule is CCCCC/C=C/C=C/C=C/C=C/CCCCCCCC(=O)OC(CCCCC/C=C/C=C/CCCCCCCCC)CC(=O)NC(CO)C(O)CCCCCCCCCCCCCCCCCC. The number of hydrogen-bond acceptors (Lipinski definition) is 5. The molecule has 0 saturated carbocycles. The number of carbonyl (C=O) groups excluding carboxylic acids is 2. The number of rotatable bonds is 53. The van der Waals surface area contributed by atoms with Crippen molar-refractivity contribution in [2.45, 2.75) is 309 Å². The molecule has 6 heteroatoms. The molecule has 400 valence electrons. The molecule has 0 aromatic carbocycles. The highest BCUT2D eigenvalue weighted by molar-refractivity contribution is 5.77. The first-order valence-corrected chi connectivity index (χ1v) is 29.7. The van der Waals surface area contributed by atoms with Crippen LogP contribution in [0, 0.1) is 0 Å². The molecule has 3 N–H and O–H groups in total. The van der Waals surface area contributed by atoms with E-state index in [4.69, 9.17) is 4.74 Å². The van der Waals surface area contributed by atoms with Crippen LogP contribution < -0.4 is 5.32 Å². The second kappa shape index (κ2) is 56.2. The van der Waals surface area contributed by atoms with Gasteiger partial charge in [0.1, 0.15) is 6.10 Å². The lowest BCUT2D eigenvalue weighted by atomic mass is 10.0. The quantitative estimate of drug-likeness (QED) is 0.0321. The van der Waals surface area contributed by atoms with Crippen molar-refractivity contribution >= 4 is 11.9 Å². The molecule has 0 rings (SSSR count). The molecule has 0 aromatic heterocycles. The van der Waals surface area contributed by atoms with Gasteiger partial charge >= 0.3 is 5.97 Å². The third-order valence-electron chi connectivity index (χ3n) is 13.4. The highest BCUT2D eigenvalue weighted by atomic mass is 16.5. The fourth-order valence-electron chi connectivity index (χ4n) is 8.85. The zero-order valence-electron chi connectivity index (χ0n) is 45.7. The second-order valence-corrected chi connectivity index (χ2v) is 20.2. The van der Waals surface area contributed by atoms with Gasteiger partial charge in [-0.25, -0.2) is 0 Å².